The van der Waals surface area contributed by atoms with Crippen LogP contribution in [-0.4, -0.2) is 35.0 Å². The molecular weight excluding hydrogens is 268 g/mol. The van der Waals surface area contributed by atoms with Crippen LogP contribution in [-0.2, 0) is 9.59 Å². The Morgan fingerprint density at radius 3 is 2.60 bits per heavy atom. The maximum absolute atomic E-state index is 13.1. The number of likely N-dealkylation sites (N-methyl/N-ethyl adjacent to an activating group) is 1. The number of aliphatic carboxylic acids is 1. The summed E-state index contributed by atoms with van der Waals surface area (Å²) >= 11 is 0. The van der Waals surface area contributed by atoms with E-state index in [1.165, 1.54) is 11.0 Å². The molecule has 1 aromatic carbocycles. The zero-order valence-electron chi connectivity index (χ0n) is 11.0. The molecule has 1 saturated carbocycles. The minimum atomic E-state index is -1.06. The van der Waals surface area contributed by atoms with Crippen molar-refractivity contribution >= 4 is 11.9 Å². The lowest BCUT2D eigenvalue weighted by Crippen LogP contribution is -2.36. The molecule has 2 atom stereocenters. The Kier molecular flexibility index (Phi) is 4.01. The highest BCUT2D eigenvalue weighted by molar-refractivity contribution is 5.86. The highest BCUT2D eigenvalue weighted by Gasteiger charge is 2.45. The molecule has 0 radical (unpaired) electrons. The number of hydrogen-bond donors (Lipinski definition) is 1. The predicted molar refractivity (Wildman–Crippen MR) is 67.1 cm³/mol. The van der Waals surface area contributed by atoms with Gasteiger partial charge in [0, 0.05) is 12.5 Å². The summed E-state index contributed by atoms with van der Waals surface area (Å²) in [5, 5.41) is 8.73. The van der Waals surface area contributed by atoms with Crippen LogP contribution in [0.1, 0.15) is 24.8 Å². The Bertz CT molecular complexity index is 547. The van der Waals surface area contributed by atoms with Crippen molar-refractivity contribution in [3.63, 3.8) is 0 Å². The van der Waals surface area contributed by atoms with Gasteiger partial charge in [0.05, 0.1) is 0 Å². The quantitative estimate of drug-likeness (QED) is 0.899. The average molecular weight is 283 g/mol. The van der Waals surface area contributed by atoms with E-state index in [0.29, 0.717) is 18.5 Å². The first-order valence-corrected chi connectivity index (χ1v) is 6.39. The van der Waals surface area contributed by atoms with E-state index in [0.717, 1.165) is 12.1 Å². The topological polar surface area (TPSA) is 57.6 Å². The van der Waals surface area contributed by atoms with Gasteiger partial charge in [0.2, 0.25) is 5.91 Å². The van der Waals surface area contributed by atoms with Crippen molar-refractivity contribution in [2.75, 3.05) is 13.1 Å². The lowest BCUT2D eigenvalue weighted by molar-refractivity contribution is -0.144. The summed E-state index contributed by atoms with van der Waals surface area (Å²) in [5.41, 5.74) is 0.577. The predicted octanol–water partition coefficient (Wildman–Crippen LogP) is 2.00. The number of amides is 1. The third-order valence-electron chi connectivity index (χ3n) is 3.50. The molecule has 4 nitrogen and oxygen atoms in total. The summed E-state index contributed by atoms with van der Waals surface area (Å²) < 4.78 is 26.0. The first kappa shape index (κ1) is 14.4. The summed E-state index contributed by atoms with van der Waals surface area (Å²) in [6, 6.07) is 3.60. The van der Waals surface area contributed by atoms with Crippen LogP contribution in [0.25, 0.3) is 0 Å². The second kappa shape index (κ2) is 5.56. The van der Waals surface area contributed by atoms with Crippen molar-refractivity contribution in [1.29, 1.82) is 0 Å². The molecule has 20 heavy (non-hydrogen) atoms. The van der Waals surface area contributed by atoms with Crippen LogP contribution in [0.5, 0.6) is 0 Å². The number of hydrogen-bond acceptors (Lipinski definition) is 2. The van der Waals surface area contributed by atoms with Crippen LogP contribution >= 0.6 is 0 Å². The van der Waals surface area contributed by atoms with Gasteiger partial charge in [0.1, 0.15) is 6.54 Å². The van der Waals surface area contributed by atoms with Gasteiger partial charge in [-0.05, 0) is 37.0 Å². The molecule has 1 aliphatic carbocycles. The normalized spacial score (nSPS) is 20.6. The molecule has 0 aromatic heterocycles. The van der Waals surface area contributed by atoms with E-state index < -0.39 is 17.6 Å². The molecule has 0 spiro atoms. The molecular formula is C14H15F2NO3. The maximum atomic E-state index is 13.1. The van der Waals surface area contributed by atoms with Gasteiger partial charge in [-0.1, -0.05) is 6.07 Å². The van der Waals surface area contributed by atoms with Crippen molar-refractivity contribution < 1.29 is 23.5 Å². The number of carbonyl (C=O) groups is 2. The lowest BCUT2D eigenvalue weighted by Gasteiger charge is -2.18. The number of halogens is 2. The molecule has 0 heterocycles. The molecule has 0 saturated heterocycles. The second-order valence-corrected chi connectivity index (χ2v) is 4.87. The van der Waals surface area contributed by atoms with Gasteiger partial charge in [0.15, 0.2) is 11.6 Å². The Hall–Kier alpha value is -1.98. The summed E-state index contributed by atoms with van der Waals surface area (Å²) in [6.07, 6.45) is 0.542. The van der Waals surface area contributed by atoms with Gasteiger partial charge < -0.3 is 10.0 Å². The van der Waals surface area contributed by atoms with Crippen molar-refractivity contribution in [3.05, 3.63) is 35.4 Å². The van der Waals surface area contributed by atoms with Crippen LogP contribution < -0.4 is 0 Å². The Morgan fingerprint density at radius 1 is 1.35 bits per heavy atom. The minimum Gasteiger partial charge on any atom is -0.480 e. The van der Waals surface area contributed by atoms with Crippen molar-refractivity contribution in [3.8, 4) is 0 Å². The Labute approximate surface area is 115 Å². The van der Waals surface area contributed by atoms with Crippen LogP contribution in [0.2, 0.25) is 0 Å². The molecule has 0 aliphatic heterocycles. The Morgan fingerprint density at radius 2 is 2.05 bits per heavy atom. The van der Waals surface area contributed by atoms with E-state index >= 15 is 0 Å². The van der Waals surface area contributed by atoms with Crippen molar-refractivity contribution in [1.82, 2.24) is 4.90 Å². The molecule has 0 bridgehead atoms. The van der Waals surface area contributed by atoms with Crippen molar-refractivity contribution in [2.45, 2.75) is 19.3 Å². The number of carboxylic acid groups (broad SMARTS) is 1. The maximum Gasteiger partial charge on any atom is 0.323 e. The van der Waals surface area contributed by atoms with Crippen LogP contribution in [0.3, 0.4) is 0 Å². The van der Waals surface area contributed by atoms with Gasteiger partial charge in [-0.25, -0.2) is 8.78 Å². The second-order valence-electron chi connectivity index (χ2n) is 4.87. The molecule has 108 valence electrons. The number of nitrogens with zero attached hydrogens (tertiary/aromatic N) is 1. The number of rotatable bonds is 5. The van der Waals surface area contributed by atoms with Crippen molar-refractivity contribution in [2.24, 2.45) is 5.92 Å². The summed E-state index contributed by atoms with van der Waals surface area (Å²) in [7, 11) is 0. The van der Waals surface area contributed by atoms with E-state index in [-0.39, 0.29) is 24.3 Å². The SMILES string of the molecule is CCN(CC(=O)O)C(=O)C1CC1c1ccc(F)c(F)c1. The first-order chi connectivity index (χ1) is 9.43. The fourth-order valence-electron chi connectivity index (χ4n) is 2.32. The smallest absolute Gasteiger partial charge is 0.323 e. The molecule has 1 aromatic rings. The third kappa shape index (κ3) is 2.95. The average Bonchev–Trinajstić information content (AvgIpc) is 3.18. The number of carbonyl (C=O) groups excluding carboxylic acids is 1. The lowest BCUT2D eigenvalue weighted by atomic mass is 10.1. The molecule has 1 fully saturated rings. The molecule has 2 unspecified atom stereocenters. The highest BCUT2D eigenvalue weighted by Crippen LogP contribution is 2.48. The zero-order valence-corrected chi connectivity index (χ0v) is 11.0. The summed E-state index contributed by atoms with van der Waals surface area (Å²) in [4.78, 5) is 24.0. The van der Waals surface area contributed by atoms with E-state index in [9.17, 15) is 18.4 Å². The molecule has 1 aliphatic rings. The standard InChI is InChI=1S/C14H15F2NO3/c1-2-17(7-13(18)19)14(20)10-6-9(10)8-3-4-11(15)12(16)5-8/h3-5,9-10H,2,6-7H2,1H3,(H,18,19). The van der Waals surface area contributed by atoms with E-state index in [1.54, 1.807) is 6.92 Å². The number of benzene rings is 1. The summed E-state index contributed by atoms with van der Waals surface area (Å²) in [6.45, 7) is 1.68. The fraction of sp³-hybridized carbons (Fsp3) is 0.429. The monoisotopic (exact) mass is 283 g/mol. The largest absolute Gasteiger partial charge is 0.480 e. The van der Waals surface area contributed by atoms with Gasteiger partial charge in [-0.3, -0.25) is 9.59 Å². The third-order valence-corrected chi connectivity index (χ3v) is 3.50. The molecule has 1 N–H and O–H groups in total. The molecule has 6 heteroatoms. The van der Waals surface area contributed by atoms with E-state index in [4.69, 9.17) is 5.11 Å². The van der Waals surface area contributed by atoms with Crippen LogP contribution in [0.15, 0.2) is 18.2 Å². The van der Waals surface area contributed by atoms with Crippen LogP contribution in [0, 0.1) is 17.6 Å². The van der Waals surface area contributed by atoms with Gasteiger partial charge in [0.25, 0.3) is 0 Å². The van der Waals surface area contributed by atoms with Crippen LogP contribution in [0.4, 0.5) is 8.78 Å². The first-order valence-electron chi connectivity index (χ1n) is 6.39. The Balaban J connectivity index is 2.04. The zero-order chi connectivity index (χ0) is 14.9. The highest BCUT2D eigenvalue weighted by atomic mass is 19.2. The number of carboxylic acids is 1. The van der Waals surface area contributed by atoms with E-state index in [2.05, 4.69) is 0 Å². The van der Waals surface area contributed by atoms with E-state index in [1.807, 2.05) is 0 Å². The fourth-order valence-corrected chi connectivity index (χ4v) is 2.32. The minimum absolute atomic E-state index is 0.152. The van der Waals surface area contributed by atoms with Gasteiger partial charge >= 0.3 is 5.97 Å². The molecule has 1 amide bonds. The van der Waals surface area contributed by atoms with Gasteiger partial charge in [-0.15, -0.1) is 0 Å². The van der Waals surface area contributed by atoms with Gasteiger partial charge in [-0.2, -0.15) is 0 Å². The molecule has 2 rings (SSSR count). The summed E-state index contributed by atoms with van der Waals surface area (Å²) in [5.74, 6) is -3.65.